The molecule has 22 heavy (non-hydrogen) atoms. The first kappa shape index (κ1) is 15.5. The lowest BCUT2D eigenvalue weighted by Crippen LogP contribution is -2.51. The molecule has 1 aromatic rings. The number of hydrogen-bond donors (Lipinski definition) is 0. The molecule has 2 heterocycles. The summed E-state index contributed by atoms with van der Waals surface area (Å²) in [5, 5.41) is 3.67. The molecular weight excluding hydrogens is 300 g/mol. The third kappa shape index (κ3) is 3.67. The van der Waals surface area contributed by atoms with Crippen molar-refractivity contribution in [1.82, 2.24) is 9.80 Å². The molecule has 1 aliphatic carbocycles. The summed E-state index contributed by atoms with van der Waals surface area (Å²) in [6.45, 7) is 4.48. The fourth-order valence-electron chi connectivity index (χ4n) is 2.84. The van der Waals surface area contributed by atoms with E-state index in [-0.39, 0.29) is 11.9 Å². The number of piperazine rings is 1. The number of carbonyl (C=O) groups excluding carboxylic acids is 2. The van der Waals surface area contributed by atoms with Crippen LogP contribution in [-0.2, 0) is 9.53 Å². The Morgan fingerprint density at radius 2 is 2.00 bits per heavy atom. The van der Waals surface area contributed by atoms with E-state index in [4.69, 9.17) is 4.74 Å². The van der Waals surface area contributed by atoms with Crippen LogP contribution >= 0.6 is 11.3 Å². The molecule has 0 aromatic carbocycles. The third-order valence-corrected chi connectivity index (χ3v) is 5.22. The Morgan fingerprint density at radius 1 is 1.23 bits per heavy atom. The van der Waals surface area contributed by atoms with Gasteiger partial charge in [0.05, 0.1) is 5.56 Å². The number of carbonyl (C=O) groups is 2. The number of rotatable bonds is 5. The van der Waals surface area contributed by atoms with Crippen LogP contribution < -0.4 is 0 Å². The van der Waals surface area contributed by atoms with E-state index in [9.17, 15) is 9.59 Å². The summed E-state index contributed by atoms with van der Waals surface area (Å²) in [5.74, 6) is 0.382. The van der Waals surface area contributed by atoms with Crippen molar-refractivity contribution in [1.29, 1.82) is 0 Å². The summed E-state index contributed by atoms with van der Waals surface area (Å²) >= 11 is 1.49. The van der Waals surface area contributed by atoms with Crippen molar-refractivity contribution in [3.63, 3.8) is 0 Å². The van der Waals surface area contributed by atoms with E-state index in [1.807, 2.05) is 10.3 Å². The highest BCUT2D eigenvalue weighted by molar-refractivity contribution is 7.08. The van der Waals surface area contributed by atoms with Crippen LogP contribution in [0.1, 0.15) is 29.6 Å². The molecule has 0 unspecified atom stereocenters. The summed E-state index contributed by atoms with van der Waals surface area (Å²) in [4.78, 5) is 28.1. The second-order valence-corrected chi connectivity index (χ2v) is 6.72. The normalized spacial score (nSPS) is 19.7. The average Bonchev–Trinajstić information content (AvgIpc) is 3.00. The zero-order valence-electron chi connectivity index (χ0n) is 12.7. The lowest BCUT2D eigenvalue weighted by atomic mass is 9.84. The lowest BCUT2D eigenvalue weighted by Gasteiger charge is -2.38. The van der Waals surface area contributed by atoms with Gasteiger partial charge >= 0.3 is 5.97 Å². The summed E-state index contributed by atoms with van der Waals surface area (Å²) in [7, 11) is 0. The minimum Gasteiger partial charge on any atom is -0.461 e. The van der Waals surface area contributed by atoms with Gasteiger partial charge in [0.25, 0.3) is 0 Å². The van der Waals surface area contributed by atoms with E-state index < -0.39 is 0 Å². The molecule has 0 radical (unpaired) electrons. The molecule has 1 amide bonds. The van der Waals surface area contributed by atoms with Crippen LogP contribution in [0.5, 0.6) is 0 Å². The zero-order valence-corrected chi connectivity index (χ0v) is 13.5. The van der Waals surface area contributed by atoms with Crippen LogP contribution in [0, 0.1) is 5.92 Å². The SMILES string of the molecule is O=C(OCCN1CCN(C(=O)C2CCC2)CC1)c1ccsc1. The van der Waals surface area contributed by atoms with E-state index in [2.05, 4.69) is 4.90 Å². The molecule has 0 spiro atoms. The maximum atomic E-state index is 12.2. The molecule has 1 saturated carbocycles. The van der Waals surface area contributed by atoms with Crippen molar-refractivity contribution in [2.24, 2.45) is 5.92 Å². The highest BCUT2D eigenvalue weighted by atomic mass is 32.1. The van der Waals surface area contributed by atoms with Crippen molar-refractivity contribution >= 4 is 23.2 Å². The Balaban J connectivity index is 1.34. The molecule has 120 valence electrons. The van der Waals surface area contributed by atoms with Gasteiger partial charge in [-0.1, -0.05) is 6.42 Å². The topological polar surface area (TPSA) is 49.9 Å². The van der Waals surface area contributed by atoms with Gasteiger partial charge in [-0.25, -0.2) is 4.79 Å². The maximum Gasteiger partial charge on any atom is 0.339 e. The van der Waals surface area contributed by atoms with Gasteiger partial charge < -0.3 is 9.64 Å². The van der Waals surface area contributed by atoms with Crippen LogP contribution in [0.15, 0.2) is 16.8 Å². The molecule has 0 N–H and O–H groups in total. The Labute approximate surface area is 134 Å². The largest absolute Gasteiger partial charge is 0.461 e. The van der Waals surface area contributed by atoms with Crippen LogP contribution in [0.4, 0.5) is 0 Å². The number of ether oxygens (including phenoxy) is 1. The van der Waals surface area contributed by atoms with Gasteiger partial charge in [0.15, 0.2) is 0 Å². The van der Waals surface area contributed by atoms with Crippen molar-refractivity contribution in [2.75, 3.05) is 39.3 Å². The number of esters is 1. The standard InChI is InChI=1S/C16H22N2O3S/c19-15(13-2-1-3-13)18-7-5-17(6-8-18)9-10-21-16(20)14-4-11-22-12-14/h4,11-13H,1-3,5-10H2. The second-order valence-electron chi connectivity index (χ2n) is 5.94. The van der Waals surface area contributed by atoms with Crippen molar-refractivity contribution in [3.8, 4) is 0 Å². The predicted molar refractivity (Wildman–Crippen MR) is 85.0 cm³/mol. The van der Waals surface area contributed by atoms with E-state index >= 15 is 0 Å². The molecule has 1 aromatic heterocycles. The highest BCUT2D eigenvalue weighted by Crippen LogP contribution is 2.28. The first-order valence-electron chi connectivity index (χ1n) is 7.94. The third-order valence-electron chi connectivity index (χ3n) is 4.54. The molecule has 2 aliphatic rings. The first-order valence-corrected chi connectivity index (χ1v) is 8.89. The maximum absolute atomic E-state index is 12.2. The van der Waals surface area contributed by atoms with Gasteiger partial charge in [0, 0.05) is 44.0 Å². The van der Waals surface area contributed by atoms with Gasteiger partial charge in [-0.2, -0.15) is 11.3 Å². The minimum atomic E-state index is -0.250. The predicted octanol–water partition coefficient (Wildman–Crippen LogP) is 1.85. The summed E-state index contributed by atoms with van der Waals surface area (Å²) < 4.78 is 5.27. The minimum absolute atomic E-state index is 0.250. The fraction of sp³-hybridized carbons (Fsp3) is 0.625. The Bertz CT molecular complexity index is 505. The molecule has 1 saturated heterocycles. The quantitative estimate of drug-likeness (QED) is 0.776. The fourth-order valence-corrected chi connectivity index (χ4v) is 3.46. The number of thiophene rings is 1. The van der Waals surface area contributed by atoms with Crippen molar-refractivity contribution < 1.29 is 14.3 Å². The van der Waals surface area contributed by atoms with Crippen LogP contribution in [-0.4, -0.2) is 61.0 Å². The monoisotopic (exact) mass is 322 g/mol. The van der Waals surface area contributed by atoms with Crippen LogP contribution in [0.25, 0.3) is 0 Å². The smallest absolute Gasteiger partial charge is 0.339 e. The van der Waals surface area contributed by atoms with E-state index in [0.717, 1.165) is 45.6 Å². The molecule has 0 atom stereocenters. The molecule has 3 rings (SSSR count). The van der Waals surface area contributed by atoms with Gasteiger partial charge in [0.2, 0.25) is 5.91 Å². The van der Waals surface area contributed by atoms with E-state index in [1.54, 1.807) is 11.4 Å². The molecule has 1 aliphatic heterocycles. The van der Waals surface area contributed by atoms with Gasteiger partial charge in [-0.3, -0.25) is 9.69 Å². The van der Waals surface area contributed by atoms with Gasteiger partial charge in [0.1, 0.15) is 6.61 Å². The van der Waals surface area contributed by atoms with Gasteiger partial charge in [-0.05, 0) is 24.3 Å². The molecule has 2 fully saturated rings. The van der Waals surface area contributed by atoms with Crippen molar-refractivity contribution in [2.45, 2.75) is 19.3 Å². The Kier molecular flexibility index (Phi) is 5.10. The molecule has 0 bridgehead atoms. The first-order chi connectivity index (χ1) is 10.7. The van der Waals surface area contributed by atoms with Crippen molar-refractivity contribution in [3.05, 3.63) is 22.4 Å². The van der Waals surface area contributed by atoms with Gasteiger partial charge in [-0.15, -0.1) is 0 Å². The molecule has 6 heteroatoms. The lowest BCUT2D eigenvalue weighted by molar-refractivity contribution is -0.140. The average molecular weight is 322 g/mol. The zero-order chi connectivity index (χ0) is 15.4. The van der Waals surface area contributed by atoms with Crippen LogP contribution in [0.3, 0.4) is 0 Å². The Hall–Kier alpha value is -1.40. The van der Waals surface area contributed by atoms with E-state index in [1.165, 1.54) is 17.8 Å². The molecular formula is C16H22N2O3S. The van der Waals surface area contributed by atoms with E-state index in [0.29, 0.717) is 18.1 Å². The Morgan fingerprint density at radius 3 is 2.59 bits per heavy atom. The molecule has 5 nitrogen and oxygen atoms in total. The summed E-state index contributed by atoms with van der Waals surface area (Å²) in [6, 6.07) is 1.78. The summed E-state index contributed by atoms with van der Waals surface area (Å²) in [5.41, 5.74) is 0.626. The number of hydrogen-bond acceptors (Lipinski definition) is 5. The number of amides is 1. The highest BCUT2D eigenvalue weighted by Gasteiger charge is 2.31. The summed E-state index contributed by atoms with van der Waals surface area (Å²) in [6.07, 6.45) is 3.33. The van der Waals surface area contributed by atoms with Crippen LogP contribution in [0.2, 0.25) is 0 Å². The number of nitrogens with zero attached hydrogens (tertiary/aromatic N) is 2. The second kappa shape index (κ2) is 7.24.